The third-order valence-electron chi connectivity index (χ3n) is 4.07. The van der Waals surface area contributed by atoms with Gasteiger partial charge in [0.15, 0.2) is 6.17 Å². The van der Waals surface area contributed by atoms with Crippen molar-refractivity contribution < 1.29 is 23.3 Å². The number of hydrogen-bond acceptors (Lipinski definition) is 4. The molecule has 0 aliphatic carbocycles. The Morgan fingerprint density at radius 3 is 2.17 bits per heavy atom. The number of unbranched alkanes of at least 4 members (excludes halogenated alkanes) is 3. The summed E-state index contributed by atoms with van der Waals surface area (Å²) in [6.07, 6.45) is 3.43. The summed E-state index contributed by atoms with van der Waals surface area (Å²) in [4.78, 5) is 0. The fourth-order valence-electron chi connectivity index (χ4n) is 2.49. The molecule has 0 saturated carbocycles. The van der Waals surface area contributed by atoms with Crippen LogP contribution >= 0.6 is 0 Å². The van der Waals surface area contributed by atoms with Crippen molar-refractivity contribution >= 4 is 0 Å². The molecule has 4 atom stereocenters. The summed E-state index contributed by atoms with van der Waals surface area (Å²) < 4.78 is 37.6. The maximum Gasteiger partial charge on any atom is 0.157 e. The zero-order chi connectivity index (χ0) is 16.9. The number of halogens is 1. The quantitative estimate of drug-likeness (QED) is 0.479. The Kier molecular flexibility index (Phi) is 11.9. The van der Waals surface area contributed by atoms with Gasteiger partial charge in [0.1, 0.15) is 18.3 Å². The number of rotatable bonds is 13. The second-order valence-electron chi connectivity index (χ2n) is 6.20. The van der Waals surface area contributed by atoms with Crippen molar-refractivity contribution in [1.82, 2.24) is 0 Å². The van der Waals surface area contributed by atoms with E-state index in [-0.39, 0.29) is 12.7 Å². The Labute approximate surface area is 141 Å². The lowest BCUT2D eigenvalue weighted by Gasteiger charge is -2.38. The van der Waals surface area contributed by atoms with Crippen LogP contribution in [0, 0.1) is 0 Å². The fraction of sp³-hybridized carbons (Fsp3) is 1.00. The molecule has 1 rings (SSSR count). The third-order valence-corrected chi connectivity index (χ3v) is 4.07. The van der Waals surface area contributed by atoms with E-state index in [1.807, 2.05) is 0 Å². The molecule has 0 aromatic carbocycles. The maximum atomic E-state index is 14.8. The SMILES string of the molecule is CCCCOCC1OCC(OCCCC)C(OCCCC)C1F. The van der Waals surface area contributed by atoms with E-state index in [1.54, 1.807) is 0 Å². The summed E-state index contributed by atoms with van der Waals surface area (Å²) >= 11 is 0. The van der Waals surface area contributed by atoms with Crippen LogP contribution in [0.5, 0.6) is 0 Å². The summed E-state index contributed by atoms with van der Waals surface area (Å²) in [6.45, 7) is 8.83. The Balaban J connectivity index is 2.48. The highest BCUT2D eigenvalue weighted by molar-refractivity contribution is 4.89. The number of alkyl halides is 1. The molecule has 0 amide bonds. The molecule has 0 aromatic rings. The van der Waals surface area contributed by atoms with Crippen molar-refractivity contribution in [2.45, 2.75) is 83.8 Å². The summed E-state index contributed by atoms with van der Waals surface area (Å²) in [7, 11) is 0. The lowest BCUT2D eigenvalue weighted by atomic mass is 10.0. The molecule has 0 radical (unpaired) electrons. The van der Waals surface area contributed by atoms with Crippen LogP contribution in [0.15, 0.2) is 0 Å². The predicted octanol–water partition coefficient (Wildman–Crippen LogP) is 3.91. The lowest BCUT2D eigenvalue weighted by Crippen LogP contribution is -2.54. The van der Waals surface area contributed by atoms with Gasteiger partial charge < -0.3 is 18.9 Å². The van der Waals surface area contributed by atoms with E-state index in [4.69, 9.17) is 18.9 Å². The van der Waals surface area contributed by atoms with E-state index in [9.17, 15) is 4.39 Å². The van der Waals surface area contributed by atoms with Crippen molar-refractivity contribution in [1.29, 1.82) is 0 Å². The van der Waals surface area contributed by atoms with E-state index in [1.165, 1.54) is 0 Å². The van der Waals surface area contributed by atoms with Crippen LogP contribution in [0.25, 0.3) is 0 Å². The van der Waals surface area contributed by atoms with Crippen LogP contribution in [0.3, 0.4) is 0 Å². The first-order chi connectivity index (χ1) is 11.2. The molecule has 4 nitrogen and oxygen atoms in total. The van der Waals surface area contributed by atoms with E-state index in [2.05, 4.69) is 20.8 Å². The van der Waals surface area contributed by atoms with Gasteiger partial charge in [-0.05, 0) is 19.3 Å². The second kappa shape index (κ2) is 13.1. The molecule has 1 aliphatic rings. The van der Waals surface area contributed by atoms with Crippen LogP contribution in [0.2, 0.25) is 0 Å². The molecule has 0 spiro atoms. The molecule has 1 heterocycles. The average molecular weight is 334 g/mol. The molecule has 4 unspecified atom stereocenters. The van der Waals surface area contributed by atoms with Crippen molar-refractivity contribution in [2.75, 3.05) is 33.0 Å². The second-order valence-corrected chi connectivity index (χ2v) is 6.20. The van der Waals surface area contributed by atoms with Gasteiger partial charge in [-0.15, -0.1) is 0 Å². The van der Waals surface area contributed by atoms with Crippen molar-refractivity contribution in [3.63, 3.8) is 0 Å². The van der Waals surface area contributed by atoms with Gasteiger partial charge in [-0.25, -0.2) is 4.39 Å². The van der Waals surface area contributed by atoms with Gasteiger partial charge in [0, 0.05) is 19.8 Å². The van der Waals surface area contributed by atoms with E-state index < -0.39 is 18.4 Å². The Hall–Kier alpha value is -0.230. The smallest absolute Gasteiger partial charge is 0.157 e. The molecule has 138 valence electrons. The van der Waals surface area contributed by atoms with Crippen LogP contribution < -0.4 is 0 Å². The van der Waals surface area contributed by atoms with E-state index >= 15 is 0 Å². The topological polar surface area (TPSA) is 36.9 Å². The summed E-state index contributed by atoms with van der Waals surface area (Å²) in [6, 6.07) is 0. The largest absolute Gasteiger partial charge is 0.379 e. The van der Waals surface area contributed by atoms with Crippen molar-refractivity contribution in [3.05, 3.63) is 0 Å². The van der Waals surface area contributed by atoms with Crippen LogP contribution in [-0.2, 0) is 18.9 Å². The van der Waals surface area contributed by atoms with Crippen LogP contribution in [-0.4, -0.2) is 57.5 Å². The predicted molar refractivity (Wildman–Crippen MR) is 89.7 cm³/mol. The highest BCUT2D eigenvalue weighted by Crippen LogP contribution is 2.24. The van der Waals surface area contributed by atoms with E-state index in [0.29, 0.717) is 26.4 Å². The molecule has 1 fully saturated rings. The Bertz CT molecular complexity index is 278. The van der Waals surface area contributed by atoms with Gasteiger partial charge in [0.05, 0.1) is 13.2 Å². The van der Waals surface area contributed by atoms with Gasteiger partial charge in [-0.3, -0.25) is 0 Å². The summed E-state index contributed by atoms with van der Waals surface area (Å²) in [5, 5.41) is 0. The minimum Gasteiger partial charge on any atom is -0.379 e. The normalized spacial score (nSPS) is 28.2. The molecule has 0 N–H and O–H groups in total. The Morgan fingerprint density at radius 1 is 0.913 bits per heavy atom. The first-order valence-electron chi connectivity index (χ1n) is 9.31. The Morgan fingerprint density at radius 2 is 1.52 bits per heavy atom. The van der Waals surface area contributed by atoms with Gasteiger partial charge in [-0.2, -0.15) is 0 Å². The lowest BCUT2D eigenvalue weighted by molar-refractivity contribution is -0.208. The monoisotopic (exact) mass is 334 g/mol. The first kappa shape index (κ1) is 20.8. The van der Waals surface area contributed by atoms with Gasteiger partial charge in [0.2, 0.25) is 0 Å². The highest BCUT2D eigenvalue weighted by Gasteiger charge is 2.42. The summed E-state index contributed by atoms with van der Waals surface area (Å²) in [5.74, 6) is 0. The first-order valence-corrected chi connectivity index (χ1v) is 9.31. The fourth-order valence-corrected chi connectivity index (χ4v) is 2.49. The molecule has 23 heavy (non-hydrogen) atoms. The molecule has 5 heteroatoms. The molecule has 1 saturated heterocycles. The third kappa shape index (κ3) is 7.92. The molecular formula is C18H35FO4. The van der Waals surface area contributed by atoms with Crippen LogP contribution in [0.4, 0.5) is 4.39 Å². The zero-order valence-corrected chi connectivity index (χ0v) is 15.1. The van der Waals surface area contributed by atoms with Crippen LogP contribution in [0.1, 0.15) is 59.3 Å². The van der Waals surface area contributed by atoms with Gasteiger partial charge in [-0.1, -0.05) is 40.0 Å². The number of hydrogen-bond donors (Lipinski definition) is 0. The zero-order valence-electron chi connectivity index (χ0n) is 15.1. The molecule has 1 aliphatic heterocycles. The standard InChI is InChI=1S/C18H35FO4/c1-4-7-10-20-13-15-17(19)18(22-12-9-6-3)16(14-23-15)21-11-8-5-2/h15-18H,4-14H2,1-3H3. The molecule has 0 aromatic heterocycles. The molecular weight excluding hydrogens is 299 g/mol. The number of ether oxygens (including phenoxy) is 4. The molecule has 0 bridgehead atoms. The maximum absolute atomic E-state index is 14.8. The van der Waals surface area contributed by atoms with E-state index in [0.717, 1.165) is 38.5 Å². The van der Waals surface area contributed by atoms with Gasteiger partial charge in [0.25, 0.3) is 0 Å². The highest BCUT2D eigenvalue weighted by atomic mass is 19.1. The van der Waals surface area contributed by atoms with Gasteiger partial charge >= 0.3 is 0 Å². The average Bonchev–Trinajstić information content (AvgIpc) is 2.56. The minimum atomic E-state index is -1.20. The van der Waals surface area contributed by atoms with Crippen molar-refractivity contribution in [3.8, 4) is 0 Å². The minimum absolute atomic E-state index is 0.288. The summed E-state index contributed by atoms with van der Waals surface area (Å²) in [5.41, 5.74) is 0. The van der Waals surface area contributed by atoms with Crippen molar-refractivity contribution in [2.24, 2.45) is 0 Å².